The van der Waals surface area contributed by atoms with Crippen molar-refractivity contribution in [3.8, 4) is 11.1 Å². The summed E-state index contributed by atoms with van der Waals surface area (Å²) in [6.07, 6.45) is -3.29. The van der Waals surface area contributed by atoms with Gasteiger partial charge >= 0.3 is 6.18 Å². The third-order valence-corrected chi connectivity index (χ3v) is 5.17. The number of carbonyl (C=O) groups excluding carboxylic acids is 2. The SMILES string of the molecule is O=C(CNC(=O)c1ccc(-c2ccccc2)cc1)NC1CCCC(C(F)(F)F)C1. The molecule has 0 saturated heterocycles. The molecule has 0 aromatic heterocycles. The molecule has 2 N–H and O–H groups in total. The second kappa shape index (κ2) is 9.11. The van der Waals surface area contributed by atoms with E-state index in [0.29, 0.717) is 18.4 Å². The van der Waals surface area contributed by atoms with Crippen molar-refractivity contribution in [1.29, 1.82) is 0 Å². The smallest absolute Gasteiger partial charge is 0.352 e. The second-order valence-electron chi connectivity index (χ2n) is 7.30. The Morgan fingerprint density at radius 3 is 2.24 bits per heavy atom. The average molecular weight is 404 g/mol. The van der Waals surface area contributed by atoms with Crippen molar-refractivity contribution in [3.63, 3.8) is 0 Å². The summed E-state index contributed by atoms with van der Waals surface area (Å²) in [5, 5.41) is 5.12. The zero-order valence-electron chi connectivity index (χ0n) is 15.8. The lowest BCUT2D eigenvalue weighted by Gasteiger charge is -2.31. The van der Waals surface area contributed by atoms with Gasteiger partial charge in [0.05, 0.1) is 12.5 Å². The Balaban J connectivity index is 1.48. The third-order valence-electron chi connectivity index (χ3n) is 5.17. The summed E-state index contributed by atoms with van der Waals surface area (Å²) in [7, 11) is 0. The standard InChI is InChI=1S/C22H23F3N2O2/c23-22(24,25)18-7-4-8-19(13-18)27-20(28)14-26-21(29)17-11-9-16(10-12-17)15-5-2-1-3-6-15/h1-3,5-6,9-12,18-19H,4,7-8,13-14H2,(H,26,29)(H,27,28). The Morgan fingerprint density at radius 1 is 0.931 bits per heavy atom. The number of hydrogen-bond donors (Lipinski definition) is 2. The Bertz CT molecular complexity index is 835. The van der Waals surface area contributed by atoms with Crippen molar-refractivity contribution in [2.75, 3.05) is 6.54 Å². The van der Waals surface area contributed by atoms with Crippen LogP contribution in [-0.2, 0) is 4.79 Å². The molecule has 0 spiro atoms. The van der Waals surface area contributed by atoms with Crippen LogP contribution in [0.1, 0.15) is 36.0 Å². The van der Waals surface area contributed by atoms with Crippen LogP contribution >= 0.6 is 0 Å². The second-order valence-corrected chi connectivity index (χ2v) is 7.30. The highest BCUT2D eigenvalue weighted by atomic mass is 19.4. The molecule has 1 aliphatic rings. The number of benzene rings is 2. The molecule has 4 nitrogen and oxygen atoms in total. The average Bonchev–Trinajstić information content (AvgIpc) is 2.72. The molecule has 0 bridgehead atoms. The van der Waals surface area contributed by atoms with E-state index in [1.807, 2.05) is 42.5 Å². The van der Waals surface area contributed by atoms with Crippen molar-refractivity contribution in [2.45, 2.75) is 37.9 Å². The fraction of sp³-hybridized carbons (Fsp3) is 0.364. The predicted octanol–water partition coefficient (Wildman–Crippen LogP) is 4.32. The Kier molecular flexibility index (Phi) is 6.56. The van der Waals surface area contributed by atoms with Crippen molar-refractivity contribution in [1.82, 2.24) is 10.6 Å². The highest BCUT2D eigenvalue weighted by Crippen LogP contribution is 2.37. The van der Waals surface area contributed by atoms with Crippen LogP contribution in [0.4, 0.5) is 13.2 Å². The zero-order valence-corrected chi connectivity index (χ0v) is 15.8. The van der Waals surface area contributed by atoms with Gasteiger partial charge in [-0.1, -0.05) is 48.9 Å². The number of halogens is 3. The normalized spacial score (nSPS) is 19.4. The summed E-state index contributed by atoms with van der Waals surface area (Å²) in [5.41, 5.74) is 2.41. The summed E-state index contributed by atoms with van der Waals surface area (Å²) in [6, 6.07) is 16.2. The fourth-order valence-electron chi connectivity index (χ4n) is 3.60. The number of amides is 2. The number of rotatable bonds is 5. The van der Waals surface area contributed by atoms with Crippen molar-refractivity contribution >= 4 is 11.8 Å². The van der Waals surface area contributed by atoms with Crippen molar-refractivity contribution in [3.05, 3.63) is 60.2 Å². The minimum Gasteiger partial charge on any atom is -0.352 e. The van der Waals surface area contributed by atoms with E-state index in [4.69, 9.17) is 0 Å². The highest BCUT2D eigenvalue weighted by Gasteiger charge is 2.42. The maximum atomic E-state index is 12.9. The van der Waals surface area contributed by atoms with Crippen LogP contribution in [0.25, 0.3) is 11.1 Å². The molecule has 0 aliphatic heterocycles. The first-order valence-corrected chi connectivity index (χ1v) is 9.62. The number of hydrogen-bond acceptors (Lipinski definition) is 2. The van der Waals surface area contributed by atoms with E-state index in [1.54, 1.807) is 12.1 Å². The van der Waals surface area contributed by atoms with E-state index in [1.165, 1.54) is 0 Å². The lowest BCUT2D eigenvalue weighted by molar-refractivity contribution is -0.184. The van der Waals surface area contributed by atoms with E-state index in [-0.39, 0.29) is 19.4 Å². The summed E-state index contributed by atoms with van der Waals surface area (Å²) < 4.78 is 38.6. The van der Waals surface area contributed by atoms with Gasteiger partial charge in [0.15, 0.2) is 0 Å². The third kappa shape index (κ3) is 5.82. The molecule has 154 valence electrons. The molecule has 7 heteroatoms. The molecule has 29 heavy (non-hydrogen) atoms. The zero-order chi connectivity index (χ0) is 20.9. The van der Waals surface area contributed by atoms with Gasteiger partial charge in [0, 0.05) is 11.6 Å². The molecule has 0 heterocycles. The van der Waals surface area contributed by atoms with Gasteiger partial charge < -0.3 is 10.6 Å². The topological polar surface area (TPSA) is 58.2 Å². The van der Waals surface area contributed by atoms with Crippen LogP contribution in [0.5, 0.6) is 0 Å². The first-order chi connectivity index (χ1) is 13.8. The quantitative estimate of drug-likeness (QED) is 0.780. The Hall–Kier alpha value is -2.83. The van der Waals surface area contributed by atoms with Crippen LogP contribution < -0.4 is 10.6 Å². The van der Waals surface area contributed by atoms with E-state index in [0.717, 1.165) is 11.1 Å². The summed E-state index contributed by atoms with van der Waals surface area (Å²) in [4.78, 5) is 24.3. The number of nitrogens with one attached hydrogen (secondary N) is 2. The van der Waals surface area contributed by atoms with Gasteiger partial charge in [-0.3, -0.25) is 9.59 Å². The van der Waals surface area contributed by atoms with E-state index in [2.05, 4.69) is 10.6 Å². The maximum absolute atomic E-state index is 12.9. The molecule has 2 atom stereocenters. The molecule has 1 fully saturated rings. The van der Waals surface area contributed by atoms with E-state index in [9.17, 15) is 22.8 Å². The number of alkyl halides is 3. The molecule has 0 radical (unpaired) electrons. The Morgan fingerprint density at radius 2 is 1.59 bits per heavy atom. The monoisotopic (exact) mass is 404 g/mol. The fourth-order valence-corrected chi connectivity index (χ4v) is 3.60. The molecule has 2 amide bonds. The molecule has 2 unspecified atom stereocenters. The maximum Gasteiger partial charge on any atom is 0.391 e. The van der Waals surface area contributed by atoms with Gasteiger partial charge in [-0.25, -0.2) is 0 Å². The molecule has 3 rings (SSSR count). The van der Waals surface area contributed by atoms with Gasteiger partial charge in [-0.15, -0.1) is 0 Å². The minimum absolute atomic E-state index is 0.103. The van der Waals surface area contributed by atoms with Crippen LogP contribution in [0.15, 0.2) is 54.6 Å². The molecule has 1 saturated carbocycles. The molecular formula is C22H23F3N2O2. The first-order valence-electron chi connectivity index (χ1n) is 9.62. The van der Waals surface area contributed by atoms with E-state index >= 15 is 0 Å². The van der Waals surface area contributed by atoms with Crippen molar-refractivity contribution < 1.29 is 22.8 Å². The van der Waals surface area contributed by atoms with Crippen LogP contribution in [0.3, 0.4) is 0 Å². The van der Waals surface area contributed by atoms with Crippen LogP contribution in [0.2, 0.25) is 0 Å². The highest BCUT2D eigenvalue weighted by molar-refractivity contribution is 5.96. The molecule has 2 aromatic carbocycles. The lowest BCUT2D eigenvalue weighted by Crippen LogP contribution is -2.45. The summed E-state index contributed by atoms with van der Waals surface area (Å²) in [6.45, 7) is -0.271. The van der Waals surface area contributed by atoms with Crippen molar-refractivity contribution in [2.24, 2.45) is 5.92 Å². The van der Waals surface area contributed by atoms with E-state index < -0.39 is 30.0 Å². The minimum atomic E-state index is -4.23. The first kappa shape index (κ1) is 20.9. The predicted molar refractivity (Wildman–Crippen MR) is 104 cm³/mol. The van der Waals surface area contributed by atoms with Gasteiger partial charge in [0.25, 0.3) is 5.91 Å². The lowest BCUT2D eigenvalue weighted by atomic mass is 9.85. The largest absolute Gasteiger partial charge is 0.391 e. The van der Waals surface area contributed by atoms with Gasteiger partial charge in [-0.2, -0.15) is 13.2 Å². The Labute approximate surface area is 167 Å². The van der Waals surface area contributed by atoms with Gasteiger partial charge in [0.1, 0.15) is 0 Å². The molecule has 2 aromatic rings. The molecule has 1 aliphatic carbocycles. The summed E-state index contributed by atoms with van der Waals surface area (Å²) >= 11 is 0. The van der Waals surface area contributed by atoms with Gasteiger partial charge in [0.2, 0.25) is 5.91 Å². The van der Waals surface area contributed by atoms with Crippen LogP contribution in [0, 0.1) is 5.92 Å². The van der Waals surface area contributed by atoms with Gasteiger partial charge in [-0.05, 0) is 42.5 Å². The number of carbonyl (C=O) groups is 2. The molecular weight excluding hydrogens is 381 g/mol. The van der Waals surface area contributed by atoms with Crippen LogP contribution in [-0.4, -0.2) is 30.6 Å². The summed E-state index contributed by atoms with van der Waals surface area (Å²) in [5.74, 6) is -2.26.